The first-order valence-electron chi connectivity index (χ1n) is 12.8. The van der Waals surface area contributed by atoms with Gasteiger partial charge in [-0.25, -0.2) is 4.39 Å². The van der Waals surface area contributed by atoms with Crippen LogP contribution in [0.5, 0.6) is 0 Å². The van der Waals surface area contributed by atoms with Gasteiger partial charge in [-0.1, -0.05) is 35.9 Å². The molecule has 2 amide bonds. The SMILES string of the molecule is CC1=C(C(=O)Cc2ccc3[nH]ncc3c2)C(c2ccc(F)c(C(=O)NCc3c(C)cccc3C)c2)NC(=O)C1. The summed E-state index contributed by atoms with van der Waals surface area (Å²) in [6.45, 7) is 5.94. The summed E-state index contributed by atoms with van der Waals surface area (Å²) in [5.41, 5.74) is 6.16. The van der Waals surface area contributed by atoms with Gasteiger partial charge >= 0.3 is 0 Å². The van der Waals surface area contributed by atoms with Crippen LogP contribution in [0.15, 0.2) is 71.9 Å². The largest absolute Gasteiger partial charge is 0.348 e. The van der Waals surface area contributed by atoms with E-state index in [1.807, 2.05) is 50.2 Å². The molecule has 198 valence electrons. The van der Waals surface area contributed by atoms with E-state index in [0.717, 1.165) is 33.2 Å². The Morgan fingerprint density at radius 2 is 1.82 bits per heavy atom. The number of nitrogens with one attached hydrogen (secondary N) is 3. The van der Waals surface area contributed by atoms with Gasteiger partial charge in [-0.05, 0) is 72.9 Å². The van der Waals surface area contributed by atoms with E-state index in [1.54, 1.807) is 13.1 Å². The summed E-state index contributed by atoms with van der Waals surface area (Å²) in [7, 11) is 0. The van der Waals surface area contributed by atoms with Gasteiger partial charge in [0, 0.05) is 30.3 Å². The lowest BCUT2D eigenvalue weighted by molar-refractivity contribution is -0.121. The number of Topliss-reactive ketones (excluding diaryl/α,β-unsaturated/α-hetero) is 1. The topological polar surface area (TPSA) is 104 Å². The van der Waals surface area contributed by atoms with Gasteiger partial charge in [0.25, 0.3) is 5.91 Å². The minimum atomic E-state index is -0.790. The number of aromatic amines is 1. The molecule has 0 saturated heterocycles. The van der Waals surface area contributed by atoms with Crippen molar-refractivity contribution in [2.75, 3.05) is 0 Å². The van der Waals surface area contributed by atoms with Crippen molar-refractivity contribution in [3.63, 3.8) is 0 Å². The van der Waals surface area contributed by atoms with Crippen molar-refractivity contribution >= 4 is 28.5 Å². The van der Waals surface area contributed by atoms with Crippen molar-refractivity contribution in [2.24, 2.45) is 0 Å². The van der Waals surface area contributed by atoms with E-state index in [4.69, 9.17) is 0 Å². The summed E-state index contributed by atoms with van der Waals surface area (Å²) in [5.74, 6) is -1.63. The van der Waals surface area contributed by atoms with E-state index < -0.39 is 17.8 Å². The second-order valence-corrected chi connectivity index (χ2v) is 10.1. The maximum absolute atomic E-state index is 14.8. The van der Waals surface area contributed by atoms with Gasteiger partial charge in [-0.3, -0.25) is 19.5 Å². The third-order valence-corrected chi connectivity index (χ3v) is 7.29. The van der Waals surface area contributed by atoms with Gasteiger partial charge < -0.3 is 10.6 Å². The maximum Gasteiger partial charge on any atom is 0.254 e. The molecule has 0 fully saturated rings. The fourth-order valence-corrected chi connectivity index (χ4v) is 5.19. The number of amides is 2. The quantitative estimate of drug-likeness (QED) is 0.319. The van der Waals surface area contributed by atoms with E-state index in [2.05, 4.69) is 20.8 Å². The Morgan fingerprint density at radius 3 is 2.59 bits per heavy atom. The third kappa shape index (κ3) is 5.36. The summed E-state index contributed by atoms with van der Waals surface area (Å²) in [5, 5.41) is 13.5. The Morgan fingerprint density at radius 1 is 1.05 bits per heavy atom. The number of aromatic nitrogens is 2. The Kier molecular flexibility index (Phi) is 7.11. The average molecular weight is 525 g/mol. The molecule has 0 bridgehead atoms. The number of ketones is 1. The smallest absolute Gasteiger partial charge is 0.254 e. The summed E-state index contributed by atoms with van der Waals surface area (Å²) in [6.07, 6.45) is 1.93. The number of fused-ring (bicyclic) bond motifs is 1. The van der Waals surface area contributed by atoms with Crippen molar-refractivity contribution < 1.29 is 18.8 Å². The number of nitrogens with zero attached hydrogens (tertiary/aromatic N) is 1. The summed E-state index contributed by atoms with van der Waals surface area (Å²) in [4.78, 5) is 39.1. The van der Waals surface area contributed by atoms with Crippen LogP contribution in [0, 0.1) is 19.7 Å². The molecule has 1 unspecified atom stereocenters. The molecule has 2 heterocycles. The fraction of sp³-hybridized carbons (Fsp3) is 0.226. The lowest BCUT2D eigenvalue weighted by atomic mass is 9.85. The van der Waals surface area contributed by atoms with E-state index in [1.165, 1.54) is 18.2 Å². The van der Waals surface area contributed by atoms with Crippen LogP contribution < -0.4 is 10.6 Å². The standard InChI is InChI=1S/C31H29FN4O3/c1-17-5-4-6-18(2)24(17)16-33-31(39)23-14-21(8-9-25(23)32)30-29(19(3)11-28(38)35-30)27(37)13-20-7-10-26-22(12-20)15-34-36-26/h4-10,12,14-15,30H,11,13,16H2,1-3H3,(H,33,39)(H,34,36)(H,35,38). The number of H-pyrrole nitrogens is 1. The van der Waals surface area contributed by atoms with Gasteiger partial charge in [0.05, 0.1) is 23.3 Å². The van der Waals surface area contributed by atoms with E-state index >= 15 is 0 Å². The zero-order valence-corrected chi connectivity index (χ0v) is 22.0. The molecule has 4 aromatic rings. The first-order chi connectivity index (χ1) is 18.7. The third-order valence-electron chi connectivity index (χ3n) is 7.29. The minimum absolute atomic E-state index is 0.0999. The van der Waals surface area contributed by atoms with Crippen LogP contribution in [0.25, 0.3) is 10.9 Å². The molecule has 0 saturated carbocycles. The van der Waals surface area contributed by atoms with E-state index in [-0.39, 0.29) is 36.6 Å². The first kappa shape index (κ1) is 26.0. The Hall–Kier alpha value is -4.59. The lowest BCUT2D eigenvalue weighted by Crippen LogP contribution is -2.37. The highest BCUT2D eigenvalue weighted by atomic mass is 19.1. The molecule has 1 aliphatic rings. The summed E-state index contributed by atoms with van der Waals surface area (Å²) >= 11 is 0. The molecule has 7 nitrogen and oxygen atoms in total. The fourth-order valence-electron chi connectivity index (χ4n) is 5.19. The normalized spacial score (nSPS) is 15.4. The van der Waals surface area contributed by atoms with Gasteiger partial charge in [0.15, 0.2) is 5.78 Å². The van der Waals surface area contributed by atoms with Crippen LogP contribution in [0.1, 0.15) is 57.6 Å². The number of halogens is 1. The van der Waals surface area contributed by atoms with Crippen LogP contribution >= 0.6 is 0 Å². The van der Waals surface area contributed by atoms with Crippen molar-refractivity contribution in [1.82, 2.24) is 20.8 Å². The molecule has 8 heteroatoms. The molecule has 1 aliphatic heterocycles. The molecular weight excluding hydrogens is 495 g/mol. The number of carbonyl (C=O) groups is 3. The van der Waals surface area contributed by atoms with Crippen molar-refractivity contribution in [3.8, 4) is 0 Å². The zero-order chi connectivity index (χ0) is 27.7. The Labute approximate surface area is 225 Å². The molecule has 0 radical (unpaired) electrons. The molecule has 5 rings (SSSR count). The second-order valence-electron chi connectivity index (χ2n) is 10.1. The summed E-state index contributed by atoms with van der Waals surface area (Å²) < 4.78 is 14.8. The predicted molar refractivity (Wildman–Crippen MR) is 146 cm³/mol. The Bertz CT molecular complexity index is 1630. The Balaban J connectivity index is 1.41. The summed E-state index contributed by atoms with van der Waals surface area (Å²) in [6, 6.07) is 14.8. The molecular formula is C31H29FN4O3. The molecule has 0 spiro atoms. The van der Waals surface area contributed by atoms with Gasteiger partial charge in [0.1, 0.15) is 5.82 Å². The van der Waals surface area contributed by atoms with Crippen LogP contribution in [-0.4, -0.2) is 27.8 Å². The van der Waals surface area contributed by atoms with Crippen molar-refractivity contribution in [1.29, 1.82) is 0 Å². The molecule has 0 aliphatic carbocycles. The van der Waals surface area contributed by atoms with Crippen LogP contribution in [0.2, 0.25) is 0 Å². The number of carbonyl (C=O) groups excluding carboxylic acids is 3. The zero-order valence-electron chi connectivity index (χ0n) is 22.0. The number of hydrogen-bond donors (Lipinski definition) is 3. The number of benzene rings is 3. The van der Waals surface area contributed by atoms with Crippen molar-refractivity contribution in [3.05, 3.63) is 111 Å². The molecule has 1 atom stereocenters. The van der Waals surface area contributed by atoms with Crippen LogP contribution in [-0.2, 0) is 22.6 Å². The van der Waals surface area contributed by atoms with Gasteiger partial charge in [0.2, 0.25) is 5.91 Å². The van der Waals surface area contributed by atoms with Crippen LogP contribution in [0.3, 0.4) is 0 Å². The van der Waals surface area contributed by atoms with Gasteiger partial charge in [-0.15, -0.1) is 0 Å². The maximum atomic E-state index is 14.8. The first-order valence-corrected chi connectivity index (χ1v) is 12.8. The monoisotopic (exact) mass is 524 g/mol. The van der Waals surface area contributed by atoms with Gasteiger partial charge in [-0.2, -0.15) is 5.10 Å². The second kappa shape index (κ2) is 10.6. The molecule has 39 heavy (non-hydrogen) atoms. The lowest BCUT2D eigenvalue weighted by Gasteiger charge is -2.28. The average Bonchev–Trinajstić information content (AvgIpc) is 3.36. The number of rotatable bonds is 7. The van der Waals surface area contributed by atoms with E-state index in [0.29, 0.717) is 16.7 Å². The van der Waals surface area contributed by atoms with Crippen molar-refractivity contribution in [2.45, 2.75) is 46.2 Å². The van der Waals surface area contributed by atoms with E-state index in [9.17, 15) is 18.8 Å². The predicted octanol–water partition coefficient (Wildman–Crippen LogP) is 4.94. The highest BCUT2D eigenvalue weighted by Crippen LogP contribution is 2.32. The van der Waals surface area contributed by atoms with Crippen LogP contribution in [0.4, 0.5) is 4.39 Å². The highest BCUT2D eigenvalue weighted by Gasteiger charge is 2.31. The molecule has 3 N–H and O–H groups in total. The minimum Gasteiger partial charge on any atom is -0.348 e. The number of hydrogen-bond acceptors (Lipinski definition) is 4. The molecule has 1 aromatic heterocycles. The molecule has 3 aromatic carbocycles. The highest BCUT2D eigenvalue weighted by molar-refractivity contribution is 6.02. The number of aryl methyl sites for hydroxylation is 2.